The number of hydrogen-bond donors (Lipinski definition) is 0. The maximum absolute atomic E-state index is 13.2. The molecule has 2 fully saturated rings. The largest absolute Gasteiger partial charge is 0.495 e. The lowest BCUT2D eigenvalue weighted by Gasteiger charge is -2.42. The first-order chi connectivity index (χ1) is 15.5. The fraction of sp³-hybridized carbons (Fsp3) is 0.565. The van der Waals surface area contributed by atoms with Crippen molar-refractivity contribution < 1.29 is 19.1 Å². The number of cyclic esters (lactones) is 1. The van der Waals surface area contributed by atoms with E-state index in [1.54, 1.807) is 13.4 Å². The molecule has 1 aliphatic carbocycles. The van der Waals surface area contributed by atoms with E-state index < -0.39 is 16.8 Å². The molecule has 2 heterocycles. The molecular formula is C23H28ClN3O4S. The van der Waals surface area contributed by atoms with Crippen molar-refractivity contribution in [3.8, 4) is 5.75 Å². The van der Waals surface area contributed by atoms with E-state index in [2.05, 4.69) is 10.2 Å². The smallest absolute Gasteiger partial charge is 0.327 e. The number of methoxy groups -OCH3 is 1. The minimum atomic E-state index is -0.894. The Morgan fingerprint density at radius 3 is 2.75 bits per heavy atom. The minimum absolute atomic E-state index is 0.0865. The van der Waals surface area contributed by atoms with Gasteiger partial charge in [-0.3, -0.25) is 9.59 Å². The first kappa shape index (κ1) is 23.1. The fourth-order valence-corrected chi connectivity index (χ4v) is 6.08. The molecule has 2 unspecified atom stereocenters. The first-order valence-corrected chi connectivity index (χ1v) is 12.3. The third-order valence-corrected chi connectivity index (χ3v) is 8.09. The van der Waals surface area contributed by atoms with Gasteiger partial charge in [0.05, 0.1) is 12.1 Å². The summed E-state index contributed by atoms with van der Waals surface area (Å²) in [5, 5.41) is 8.16. The number of aromatic nitrogens is 3. The molecule has 4 rings (SSSR count). The fourth-order valence-electron chi connectivity index (χ4n) is 4.83. The number of ketones is 1. The lowest BCUT2D eigenvalue weighted by atomic mass is 9.76. The van der Waals surface area contributed by atoms with E-state index >= 15 is 0 Å². The second-order valence-electron chi connectivity index (χ2n) is 8.48. The van der Waals surface area contributed by atoms with Crippen molar-refractivity contribution in [3.63, 3.8) is 0 Å². The number of benzene rings is 1. The second kappa shape index (κ2) is 9.83. The Bertz CT molecular complexity index is 971. The topological polar surface area (TPSA) is 83.3 Å². The monoisotopic (exact) mass is 477 g/mol. The molecule has 0 radical (unpaired) electrons. The van der Waals surface area contributed by atoms with Crippen LogP contribution >= 0.6 is 23.4 Å². The van der Waals surface area contributed by atoms with Crippen LogP contribution in [0.1, 0.15) is 51.0 Å². The Balaban J connectivity index is 1.52. The van der Waals surface area contributed by atoms with Crippen LogP contribution in [0, 0.1) is 5.92 Å². The number of halogens is 1. The molecule has 1 saturated carbocycles. The summed E-state index contributed by atoms with van der Waals surface area (Å²) in [7, 11) is 1.58. The molecule has 1 saturated heterocycles. The number of thioether (sulfide) groups is 1. The van der Waals surface area contributed by atoms with Crippen LogP contribution in [0.15, 0.2) is 29.7 Å². The number of nitrogens with zero attached hydrogens (tertiary/aromatic N) is 3. The average Bonchev–Trinajstić information content (AvgIpc) is 3.47. The van der Waals surface area contributed by atoms with E-state index in [-0.39, 0.29) is 18.1 Å². The van der Waals surface area contributed by atoms with Crippen LogP contribution in [-0.2, 0) is 27.3 Å². The molecule has 2 atom stereocenters. The zero-order valence-corrected chi connectivity index (χ0v) is 20.0. The molecule has 0 bridgehead atoms. The summed E-state index contributed by atoms with van der Waals surface area (Å²) in [6, 6.07) is 5.69. The van der Waals surface area contributed by atoms with E-state index in [9.17, 15) is 9.59 Å². The normalized spacial score (nSPS) is 24.0. The molecule has 7 nitrogen and oxygen atoms in total. The molecule has 0 amide bonds. The summed E-state index contributed by atoms with van der Waals surface area (Å²) >= 11 is 7.43. The van der Waals surface area contributed by atoms with Crippen LogP contribution < -0.4 is 4.74 Å². The quantitative estimate of drug-likeness (QED) is 0.409. The zero-order valence-electron chi connectivity index (χ0n) is 18.4. The van der Waals surface area contributed by atoms with Crippen LogP contribution in [0.4, 0.5) is 0 Å². The highest BCUT2D eigenvalue weighted by Gasteiger charge is 2.52. The maximum atomic E-state index is 13.2. The Morgan fingerprint density at radius 1 is 1.31 bits per heavy atom. The van der Waals surface area contributed by atoms with Gasteiger partial charge in [0.15, 0.2) is 16.2 Å². The summed E-state index contributed by atoms with van der Waals surface area (Å²) in [4.78, 5) is 26.3. The molecule has 0 spiro atoms. The Hall–Kier alpha value is -2.06. The van der Waals surface area contributed by atoms with Crippen molar-refractivity contribution in [2.75, 3.05) is 7.11 Å². The predicted molar refractivity (Wildman–Crippen MR) is 122 cm³/mol. The van der Waals surface area contributed by atoms with Crippen molar-refractivity contribution in [3.05, 3.63) is 35.1 Å². The lowest BCUT2D eigenvalue weighted by Crippen LogP contribution is -2.53. The molecule has 9 heteroatoms. The Morgan fingerprint density at radius 2 is 2.09 bits per heavy atom. The molecule has 1 aromatic heterocycles. The van der Waals surface area contributed by atoms with Crippen LogP contribution in [0.25, 0.3) is 0 Å². The van der Waals surface area contributed by atoms with Crippen LogP contribution in [0.3, 0.4) is 0 Å². The Kier molecular flexibility index (Phi) is 7.10. The summed E-state index contributed by atoms with van der Waals surface area (Å²) < 4.78 is 13.2. The van der Waals surface area contributed by atoms with E-state index in [1.165, 1.54) is 0 Å². The molecule has 1 aromatic carbocycles. The molecule has 2 aliphatic rings. The van der Waals surface area contributed by atoms with Gasteiger partial charge in [-0.25, -0.2) is 0 Å². The number of ether oxygens (including phenoxy) is 2. The average molecular weight is 478 g/mol. The molecule has 0 N–H and O–H groups in total. The number of Topliss-reactive ketones (excluding diaryl/α,β-unsaturated/α-hetero) is 1. The number of carbonyl (C=O) groups excluding carboxylic acids is 2. The number of carbonyl (C=O) groups is 2. The summed E-state index contributed by atoms with van der Waals surface area (Å²) in [6.45, 7) is 2.63. The first-order valence-electron chi connectivity index (χ1n) is 11.1. The predicted octanol–water partition coefficient (Wildman–Crippen LogP) is 4.50. The second-order valence-corrected chi connectivity index (χ2v) is 9.96. The molecule has 2 aromatic rings. The summed E-state index contributed by atoms with van der Waals surface area (Å²) in [5.74, 6) is 0.280. The van der Waals surface area contributed by atoms with Crippen molar-refractivity contribution in [1.82, 2.24) is 14.8 Å². The standard InChI is InChI=1S/C23H28ClN3O4S/c1-3-27-14-25-26-22(27)32-20-18(28)13-23(31-21(20)29,16-6-4-5-7-16)11-10-15-8-9-19(30-2)17(24)12-15/h8-9,12,14,16,20H,3-7,10-11,13H2,1-2H3. The van der Waals surface area contributed by atoms with Crippen molar-refractivity contribution >= 4 is 35.1 Å². The van der Waals surface area contributed by atoms with Crippen LogP contribution in [0.2, 0.25) is 5.02 Å². The molecule has 32 heavy (non-hydrogen) atoms. The van der Waals surface area contributed by atoms with Gasteiger partial charge in [0, 0.05) is 13.0 Å². The molecule has 172 valence electrons. The number of hydrogen-bond acceptors (Lipinski definition) is 7. The SMILES string of the molecule is CCn1cnnc1SC1C(=O)CC(CCc2ccc(OC)c(Cl)c2)(C2CCCC2)OC1=O. The van der Waals surface area contributed by atoms with Gasteiger partial charge in [-0.15, -0.1) is 10.2 Å². The highest BCUT2D eigenvalue weighted by atomic mass is 35.5. The number of aryl methyl sites for hydroxylation is 2. The Labute approximate surface area is 197 Å². The number of rotatable bonds is 8. The zero-order chi connectivity index (χ0) is 22.7. The van der Waals surface area contributed by atoms with E-state index in [0.717, 1.165) is 43.0 Å². The van der Waals surface area contributed by atoms with Gasteiger partial charge in [0.2, 0.25) is 0 Å². The van der Waals surface area contributed by atoms with E-state index in [4.69, 9.17) is 21.1 Å². The maximum Gasteiger partial charge on any atom is 0.327 e. The van der Waals surface area contributed by atoms with Gasteiger partial charge in [-0.2, -0.15) is 0 Å². The summed E-state index contributed by atoms with van der Waals surface area (Å²) in [6.07, 6.45) is 7.27. The minimum Gasteiger partial charge on any atom is -0.495 e. The van der Waals surface area contributed by atoms with Gasteiger partial charge < -0.3 is 14.0 Å². The highest BCUT2D eigenvalue weighted by Crippen LogP contribution is 2.46. The van der Waals surface area contributed by atoms with Gasteiger partial charge >= 0.3 is 5.97 Å². The van der Waals surface area contributed by atoms with E-state index in [0.29, 0.717) is 35.3 Å². The van der Waals surface area contributed by atoms with Gasteiger partial charge in [0.25, 0.3) is 0 Å². The van der Waals surface area contributed by atoms with Gasteiger partial charge in [-0.1, -0.05) is 42.3 Å². The van der Waals surface area contributed by atoms with Crippen LogP contribution in [0.5, 0.6) is 5.75 Å². The molecular weight excluding hydrogens is 450 g/mol. The molecule has 1 aliphatic heterocycles. The van der Waals surface area contributed by atoms with Crippen molar-refractivity contribution in [2.45, 2.75) is 74.4 Å². The van der Waals surface area contributed by atoms with E-state index in [1.807, 2.05) is 29.7 Å². The summed E-state index contributed by atoms with van der Waals surface area (Å²) in [5.41, 5.74) is 0.274. The number of esters is 1. The van der Waals surface area contributed by atoms with Crippen LogP contribution in [-0.4, -0.2) is 44.5 Å². The van der Waals surface area contributed by atoms with Crippen molar-refractivity contribution in [2.24, 2.45) is 5.92 Å². The highest BCUT2D eigenvalue weighted by molar-refractivity contribution is 8.01. The lowest BCUT2D eigenvalue weighted by molar-refractivity contribution is -0.177. The third-order valence-electron chi connectivity index (χ3n) is 6.58. The third kappa shape index (κ3) is 4.66. The van der Waals surface area contributed by atoms with Gasteiger partial charge in [0.1, 0.15) is 17.7 Å². The van der Waals surface area contributed by atoms with Crippen molar-refractivity contribution in [1.29, 1.82) is 0 Å². The van der Waals surface area contributed by atoms with Gasteiger partial charge in [-0.05, 0) is 56.2 Å².